The summed E-state index contributed by atoms with van der Waals surface area (Å²) in [4.78, 5) is 151. The van der Waals surface area contributed by atoms with E-state index in [2.05, 4.69) is 66.8 Å². The van der Waals surface area contributed by atoms with Crippen LogP contribution < -0.4 is 31.9 Å². The first-order chi connectivity index (χ1) is 53.6. The molecule has 31 heteroatoms. The van der Waals surface area contributed by atoms with Gasteiger partial charge in [0.15, 0.2) is 0 Å². The lowest BCUT2D eigenvalue weighted by Gasteiger charge is -2.31. The number of benzene rings is 4. The quantitative estimate of drug-likeness (QED) is 0.0265. The first-order valence-electron chi connectivity index (χ1n) is 35.6. The molecule has 0 aromatic heterocycles. The molecule has 0 spiro atoms. The third-order valence-corrected chi connectivity index (χ3v) is 16.7. The zero-order chi connectivity index (χ0) is 81.4. The van der Waals surface area contributed by atoms with Crippen LogP contribution in [0.25, 0.3) is 0 Å². The van der Waals surface area contributed by atoms with Gasteiger partial charge in [0.05, 0.1) is 24.7 Å². The molecule has 4 aromatic carbocycles. The summed E-state index contributed by atoms with van der Waals surface area (Å²) in [7, 11) is 0. The number of aliphatic carboxylic acids is 3. The minimum atomic E-state index is -1.02. The predicted octanol–water partition coefficient (Wildman–Crippen LogP) is 8.93. The van der Waals surface area contributed by atoms with Crippen molar-refractivity contribution in [3.63, 3.8) is 0 Å². The summed E-state index contributed by atoms with van der Waals surface area (Å²) >= 11 is 0. The van der Waals surface area contributed by atoms with Gasteiger partial charge < -0.3 is 67.6 Å². The van der Waals surface area contributed by atoms with Crippen molar-refractivity contribution < 1.29 is 88.5 Å². The molecule has 1 saturated carbocycles. The number of nitrogens with zero attached hydrogens (tertiary/aromatic N) is 7. The topological polar surface area (TPSA) is 488 Å². The molecular weight excluding hydrogens is 1440 g/mol. The number of hydrogen-bond donors (Lipinski definition) is 13. The summed E-state index contributed by atoms with van der Waals surface area (Å²) in [5.74, 6) is -3.82. The minimum absolute atomic E-state index is 0.0242. The van der Waals surface area contributed by atoms with E-state index >= 15 is 0 Å². The zero-order valence-corrected chi connectivity index (χ0v) is 62.0. The molecule has 7 heterocycles. The highest BCUT2D eigenvalue weighted by Gasteiger charge is 2.28. The number of carbonyl (C=O) groups is 11. The van der Waals surface area contributed by atoms with E-state index in [0.717, 1.165) is 41.7 Å². The van der Waals surface area contributed by atoms with Crippen molar-refractivity contribution in [2.75, 3.05) is 29.0 Å². The van der Waals surface area contributed by atoms with Gasteiger partial charge in [-0.25, -0.2) is 4.79 Å². The molecule has 31 nitrogen and oxygen atoms in total. The van der Waals surface area contributed by atoms with Crippen LogP contribution in [0.2, 0.25) is 0 Å². The van der Waals surface area contributed by atoms with Crippen molar-refractivity contribution in [3.05, 3.63) is 202 Å². The minimum Gasteiger partial charge on any atom is -0.508 e. The highest BCUT2D eigenvalue weighted by atomic mass is 16.4. The number of aliphatic imine (C=N–C) groups is 7. The summed E-state index contributed by atoms with van der Waals surface area (Å²) in [6, 6.07) is 26.7. The molecule has 4 aromatic rings. The van der Waals surface area contributed by atoms with Crippen molar-refractivity contribution >= 4 is 125 Å². The maximum Gasteiger partial charge on any atom is 0.335 e. The molecule has 12 rings (SSSR count). The number of Topliss-reactive ketones (excluding diaryl/α,β-unsaturated/α-hetero) is 1. The van der Waals surface area contributed by atoms with E-state index < -0.39 is 29.4 Å². The van der Waals surface area contributed by atoms with Gasteiger partial charge in [0.2, 0.25) is 17.7 Å². The average molecular weight is 1530 g/mol. The average Bonchev–Trinajstić information content (AvgIpc) is 1.76. The molecule has 8 aliphatic rings. The largest absolute Gasteiger partial charge is 0.508 e. The molecule has 0 bridgehead atoms. The summed E-state index contributed by atoms with van der Waals surface area (Å²) in [6.45, 7) is 6.42. The second-order valence-corrected chi connectivity index (χ2v) is 26.7. The van der Waals surface area contributed by atoms with Crippen molar-refractivity contribution in [1.82, 2.24) is 16.0 Å². The molecule has 1 fully saturated rings. The van der Waals surface area contributed by atoms with Crippen molar-refractivity contribution in [1.29, 1.82) is 0 Å². The molecule has 13 N–H and O–H groups in total. The number of nitrogens with one attached hydrogen (secondary N) is 6. The number of hydrogen-bond acceptors (Lipinski definition) is 21. The number of carboxylic acids is 4. The molecule has 1 atom stereocenters. The zero-order valence-electron chi connectivity index (χ0n) is 62.0. The normalized spacial score (nSPS) is 16.0. The number of aliphatic hydroxyl groups excluding tert-OH is 2. The molecule has 7 aliphatic heterocycles. The van der Waals surface area contributed by atoms with E-state index in [1.54, 1.807) is 148 Å². The van der Waals surface area contributed by atoms with Crippen LogP contribution in [0.1, 0.15) is 131 Å². The second-order valence-electron chi connectivity index (χ2n) is 26.7. The Morgan fingerprint density at radius 2 is 0.938 bits per heavy atom. The molecule has 1 aliphatic carbocycles. The van der Waals surface area contributed by atoms with Gasteiger partial charge in [0.1, 0.15) is 11.5 Å². The van der Waals surface area contributed by atoms with Gasteiger partial charge in [-0.15, -0.1) is 0 Å². The molecule has 0 saturated heterocycles. The number of carbonyl (C=O) groups excluding carboxylic acids is 7. The first kappa shape index (κ1) is 87.7. The Balaban J connectivity index is 0.000000204. The Morgan fingerprint density at radius 1 is 0.491 bits per heavy atom. The van der Waals surface area contributed by atoms with Crippen LogP contribution >= 0.6 is 0 Å². The first-order valence-corrected chi connectivity index (χ1v) is 35.6. The number of anilines is 3. The summed E-state index contributed by atoms with van der Waals surface area (Å²) in [6.07, 6.45) is 29.9. The summed E-state index contributed by atoms with van der Waals surface area (Å²) < 4.78 is 0. The van der Waals surface area contributed by atoms with Gasteiger partial charge in [0.25, 0.3) is 17.7 Å². The Labute approximate surface area is 645 Å². The van der Waals surface area contributed by atoms with Crippen molar-refractivity contribution in [2.24, 2.45) is 46.8 Å². The van der Waals surface area contributed by atoms with Crippen molar-refractivity contribution in [3.8, 4) is 5.75 Å². The van der Waals surface area contributed by atoms with Crippen LogP contribution in [0.5, 0.6) is 5.75 Å². The molecule has 112 heavy (non-hydrogen) atoms. The fourth-order valence-corrected chi connectivity index (χ4v) is 10.5. The van der Waals surface area contributed by atoms with E-state index in [4.69, 9.17) is 35.7 Å². The molecule has 6 amide bonds. The summed E-state index contributed by atoms with van der Waals surface area (Å²) in [5.41, 5.74) is 8.41. The molecule has 588 valence electrons. The van der Waals surface area contributed by atoms with E-state index in [-0.39, 0.29) is 90.4 Å². The summed E-state index contributed by atoms with van der Waals surface area (Å²) in [5, 5.41) is 78.2. The number of amides is 6. The van der Waals surface area contributed by atoms with E-state index in [0.29, 0.717) is 127 Å². The Kier molecular flexibility index (Phi) is 36.2. The Morgan fingerprint density at radius 3 is 1.36 bits per heavy atom. The fourth-order valence-electron chi connectivity index (χ4n) is 10.5. The number of rotatable bonds is 27. The number of phenols is 1. The van der Waals surface area contributed by atoms with Crippen molar-refractivity contribution in [2.45, 2.75) is 135 Å². The van der Waals surface area contributed by atoms with Crippen LogP contribution in [0.15, 0.2) is 215 Å². The lowest BCUT2D eigenvalue weighted by molar-refractivity contribution is -0.138. The third kappa shape index (κ3) is 33.5. The van der Waals surface area contributed by atoms with Crippen LogP contribution in [0.3, 0.4) is 0 Å². The van der Waals surface area contributed by atoms with Crippen LogP contribution in [-0.4, -0.2) is 169 Å². The van der Waals surface area contributed by atoms with Gasteiger partial charge in [-0.1, -0.05) is 55.5 Å². The van der Waals surface area contributed by atoms with E-state index in [1.165, 1.54) is 36.9 Å². The number of carboxylic acid groups (broad SMARTS) is 4. The smallest absolute Gasteiger partial charge is 0.335 e. The van der Waals surface area contributed by atoms with Crippen LogP contribution in [-0.2, 0) is 67.4 Å². The highest BCUT2D eigenvalue weighted by molar-refractivity contribution is 6.09. The maximum absolute atomic E-state index is 11.8. The number of aromatic carboxylic acids is 1. The van der Waals surface area contributed by atoms with Crippen LogP contribution in [0, 0.1) is 11.8 Å². The Hall–Kier alpha value is -13.2. The number of aromatic hydroxyl groups is 1. The molecular formula is C81H91N13O18. The lowest BCUT2D eigenvalue weighted by atomic mass is 9.82. The molecule has 0 radical (unpaired) electrons. The fraction of sp³-hybridized carbons (Fsp3) is 0.309. The lowest BCUT2D eigenvalue weighted by Crippen LogP contribution is -2.44. The standard InChI is InChI=1S/C13H12N2O3.C13H13NO2.C12H10N2O3.C12H12N2O2.C11H16N2O3.C10H14N2O3.C10H14N2O2/c16-12(17)7-9-2-1-3-11(6-9)15-13(18)10-4-5-14-8-10;15-12-5-3-10(4-6-12)8-13(16)9-11-2-1-7-14-11;15-11(9-4-5-13-7-9)14-10-3-1-2-8(6-10)12(16)17;15-8-9-2-1-3-11(6-9)14-12(16)10-4-5-13-7-10;1-11(2,5-3-9(14)15)13-10(16)8-4-6-12-7-8;1-7(4-9(13)14)5-12-10(15)8-2-3-11-6-8;13-9-3-7(4-9)5-12-10(14)8-1-2-11-6-8/h1-3,5-6,8H,4,7H2,(H,15,18)(H,16,17);1,3-7,15H,2,8-9H2;1-3,5-7H,4H2,(H,14,15)(H,16,17);1-3,5-7,15H,4,8H2,(H,14,16);6-7H,3-5H2,1-2H3,(H,13,16)(H,14,15);3,6-7H,2,4-5H2,1H3,(H,12,15)(H,13,14);2,6-7,9,13H,1,3-5H2,(H,12,14). The van der Waals surface area contributed by atoms with Gasteiger partial charge >= 0.3 is 23.9 Å². The van der Waals surface area contributed by atoms with E-state index in [1.807, 2.05) is 19.9 Å². The van der Waals surface area contributed by atoms with E-state index in [9.17, 15) is 52.7 Å². The van der Waals surface area contributed by atoms with Gasteiger partial charge in [-0.05, 0) is 116 Å². The molecule has 1 unspecified atom stereocenters. The maximum atomic E-state index is 11.8. The van der Waals surface area contributed by atoms with Gasteiger partial charge in [-0.3, -0.25) is 82.9 Å². The number of phenolic OH excluding ortho intramolecular Hbond substituents is 1. The number of aliphatic hydroxyl groups is 2. The second kappa shape index (κ2) is 46.3. The number of allylic oxidation sites excluding steroid dienone is 1. The van der Waals surface area contributed by atoms with Gasteiger partial charge in [-0.2, -0.15) is 0 Å². The predicted molar refractivity (Wildman–Crippen MR) is 424 cm³/mol. The highest BCUT2D eigenvalue weighted by Crippen LogP contribution is 2.27. The number of ketones is 1. The SMILES string of the molecule is CC(C)(CCC(=O)O)NC(=O)C1=CN=CC1.CC(CNC(=O)C1=CN=CC1)CC(=O)O.O=C(CC1=NC=CC1)Cc1ccc(O)cc1.O=C(NCC1CC(O)C1)C1=CN=CC1.O=C(Nc1cccc(C(=O)O)c1)C1=CN=CC1.O=C(Nc1cccc(CO)c1)C1=CN=CC1.O=C(O)Cc1cccc(NC(=O)C2=CN=CC2)c1. The Bertz CT molecular complexity index is 4530. The van der Waals surface area contributed by atoms with Crippen LogP contribution in [0.4, 0.5) is 17.1 Å². The monoisotopic (exact) mass is 1530 g/mol. The van der Waals surface area contributed by atoms with Gasteiger partial charge in [0, 0.05) is 226 Å². The third-order valence-electron chi connectivity index (χ3n) is 16.7.